The molecule has 0 spiro atoms. The quantitative estimate of drug-likeness (QED) is 0.398. The SMILES string of the molecule is C=CCC1(OOC(C)(C)C)CCCCC1. The fourth-order valence-corrected chi connectivity index (χ4v) is 1.99. The standard InChI is InChI=1S/C13H24O2/c1-5-9-13(10-7-6-8-11-13)15-14-12(2,3)4/h5H,1,6-11H2,2-4H3. The maximum atomic E-state index is 5.70. The van der Waals surface area contributed by atoms with Crippen LogP contribution in [-0.4, -0.2) is 11.2 Å². The minimum Gasteiger partial charge on any atom is -0.230 e. The molecule has 0 aromatic heterocycles. The highest BCUT2D eigenvalue weighted by Gasteiger charge is 2.34. The predicted molar refractivity (Wildman–Crippen MR) is 62.6 cm³/mol. The minimum absolute atomic E-state index is 0.104. The molecule has 2 nitrogen and oxygen atoms in total. The van der Waals surface area contributed by atoms with Crippen molar-refractivity contribution in [3.63, 3.8) is 0 Å². The predicted octanol–water partition coefficient (Wildman–Crippen LogP) is 4.01. The van der Waals surface area contributed by atoms with Crippen molar-refractivity contribution in [2.45, 2.75) is 70.5 Å². The average Bonchev–Trinajstić information content (AvgIpc) is 2.16. The lowest BCUT2D eigenvalue weighted by Crippen LogP contribution is -2.37. The molecule has 88 valence electrons. The number of rotatable bonds is 4. The van der Waals surface area contributed by atoms with Crippen LogP contribution in [0.4, 0.5) is 0 Å². The lowest BCUT2D eigenvalue weighted by atomic mass is 9.82. The lowest BCUT2D eigenvalue weighted by molar-refractivity contribution is -0.408. The van der Waals surface area contributed by atoms with Crippen LogP contribution in [-0.2, 0) is 9.78 Å². The maximum absolute atomic E-state index is 5.70. The van der Waals surface area contributed by atoms with Crippen molar-refractivity contribution in [3.8, 4) is 0 Å². The van der Waals surface area contributed by atoms with Crippen LogP contribution >= 0.6 is 0 Å². The first-order chi connectivity index (χ1) is 6.97. The minimum atomic E-state index is -0.231. The fraction of sp³-hybridized carbons (Fsp3) is 0.846. The first-order valence-electron chi connectivity index (χ1n) is 5.95. The summed E-state index contributed by atoms with van der Waals surface area (Å²) in [6.07, 6.45) is 8.81. The summed E-state index contributed by atoms with van der Waals surface area (Å²) >= 11 is 0. The molecular formula is C13H24O2. The smallest absolute Gasteiger partial charge is 0.107 e. The monoisotopic (exact) mass is 212 g/mol. The molecule has 1 fully saturated rings. The molecule has 1 rings (SSSR count). The molecule has 0 unspecified atom stereocenters. The third-order valence-corrected chi connectivity index (χ3v) is 2.75. The summed E-state index contributed by atoms with van der Waals surface area (Å²) < 4.78 is 0. The van der Waals surface area contributed by atoms with Gasteiger partial charge in [0.05, 0.1) is 5.60 Å². The van der Waals surface area contributed by atoms with E-state index in [0.717, 1.165) is 19.3 Å². The summed E-state index contributed by atoms with van der Waals surface area (Å²) in [6, 6.07) is 0. The van der Waals surface area contributed by atoms with Crippen LogP contribution in [0.1, 0.15) is 59.3 Å². The van der Waals surface area contributed by atoms with Crippen molar-refractivity contribution in [2.75, 3.05) is 0 Å². The molecule has 1 aliphatic carbocycles. The Morgan fingerprint density at radius 3 is 2.27 bits per heavy atom. The first-order valence-corrected chi connectivity index (χ1v) is 5.95. The molecule has 0 atom stereocenters. The summed E-state index contributed by atoms with van der Waals surface area (Å²) in [5.41, 5.74) is -0.334. The van der Waals surface area contributed by atoms with E-state index in [-0.39, 0.29) is 11.2 Å². The molecule has 2 heteroatoms. The Morgan fingerprint density at radius 1 is 1.20 bits per heavy atom. The van der Waals surface area contributed by atoms with Gasteiger partial charge in [-0.1, -0.05) is 25.3 Å². The van der Waals surface area contributed by atoms with Gasteiger partial charge in [-0.2, -0.15) is 0 Å². The van der Waals surface area contributed by atoms with E-state index in [1.54, 1.807) is 0 Å². The maximum Gasteiger partial charge on any atom is 0.107 e. The van der Waals surface area contributed by atoms with Crippen LogP contribution in [0.25, 0.3) is 0 Å². The van der Waals surface area contributed by atoms with Gasteiger partial charge in [-0.05, 0) is 40.0 Å². The second-order valence-corrected chi connectivity index (χ2v) is 5.52. The number of hydrogen-bond acceptors (Lipinski definition) is 2. The van der Waals surface area contributed by atoms with Crippen LogP contribution in [0, 0.1) is 0 Å². The molecule has 0 bridgehead atoms. The molecule has 0 aromatic rings. The molecule has 0 N–H and O–H groups in total. The van der Waals surface area contributed by atoms with E-state index in [0.29, 0.717) is 0 Å². The number of hydrogen-bond donors (Lipinski definition) is 0. The highest BCUT2D eigenvalue weighted by Crippen LogP contribution is 2.35. The third-order valence-electron chi connectivity index (χ3n) is 2.75. The molecule has 0 saturated heterocycles. The van der Waals surface area contributed by atoms with Gasteiger partial charge in [-0.25, -0.2) is 9.78 Å². The topological polar surface area (TPSA) is 18.5 Å². The molecule has 0 aliphatic heterocycles. The molecule has 1 aliphatic rings. The second-order valence-electron chi connectivity index (χ2n) is 5.52. The van der Waals surface area contributed by atoms with Gasteiger partial charge in [0.1, 0.15) is 5.60 Å². The van der Waals surface area contributed by atoms with Gasteiger partial charge in [0, 0.05) is 0 Å². The molecule has 0 radical (unpaired) electrons. The Hall–Kier alpha value is -0.340. The zero-order valence-corrected chi connectivity index (χ0v) is 10.3. The van der Waals surface area contributed by atoms with Crippen LogP contribution in [0.2, 0.25) is 0 Å². The summed E-state index contributed by atoms with van der Waals surface area (Å²) in [7, 11) is 0. The van der Waals surface area contributed by atoms with Crippen molar-refractivity contribution in [1.82, 2.24) is 0 Å². The van der Waals surface area contributed by atoms with Crippen LogP contribution < -0.4 is 0 Å². The lowest BCUT2D eigenvalue weighted by Gasteiger charge is -2.37. The summed E-state index contributed by atoms with van der Waals surface area (Å²) in [5.74, 6) is 0. The van der Waals surface area contributed by atoms with Crippen LogP contribution in [0.5, 0.6) is 0 Å². The Balaban J connectivity index is 2.52. The van der Waals surface area contributed by atoms with Gasteiger partial charge in [0.15, 0.2) is 0 Å². The van der Waals surface area contributed by atoms with Crippen molar-refractivity contribution in [3.05, 3.63) is 12.7 Å². The summed E-state index contributed by atoms with van der Waals surface area (Å²) in [6.45, 7) is 9.84. The highest BCUT2D eigenvalue weighted by molar-refractivity contribution is 4.89. The Labute approximate surface area is 93.6 Å². The highest BCUT2D eigenvalue weighted by atomic mass is 17.2. The van der Waals surface area contributed by atoms with Crippen LogP contribution in [0.15, 0.2) is 12.7 Å². The van der Waals surface area contributed by atoms with E-state index in [1.165, 1.54) is 19.3 Å². The Bertz CT molecular complexity index is 197. The van der Waals surface area contributed by atoms with Gasteiger partial charge < -0.3 is 0 Å². The molecule has 15 heavy (non-hydrogen) atoms. The van der Waals surface area contributed by atoms with Crippen molar-refractivity contribution in [2.24, 2.45) is 0 Å². The van der Waals surface area contributed by atoms with Crippen molar-refractivity contribution >= 4 is 0 Å². The normalized spacial score (nSPS) is 21.3. The van der Waals surface area contributed by atoms with Crippen LogP contribution in [0.3, 0.4) is 0 Å². The van der Waals surface area contributed by atoms with Crippen molar-refractivity contribution in [1.29, 1.82) is 0 Å². The second kappa shape index (κ2) is 5.13. The molecule has 0 amide bonds. The van der Waals surface area contributed by atoms with Gasteiger partial charge in [0.2, 0.25) is 0 Å². The van der Waals surface area contributed by atoms with E-state index in [1.807, 2.05) is 26.8 Å². The summed E-state index contributed by atoms with van der Waals surface area (Å²) in [5, 5.41) is 0. The van der Waals surface area contributed by atoms with E-state index < -0.39 is 0 Å². The van der Waals surface area contributed by atoms with E-state index in [9.17, 15) is 0 Å². The van der Waals surface area contributed by atoms with Gasteiger partial charge >= 0.3 is 0 Å². The zero-order valence-electron chi connectivity index (χ0n) is 10.3. The zero-order chi connectivity index (χ0) is 11.4. The molecule has 0 aromatic carbocycles. The fourth-order valence-electron chi connectivity index (χ4n) is 1.99. The average molecular weight is 212 g/mol. The molecule has 1 saturated carbocycles. The first kappa shape index (κ1) is 12.7. The Morgan fingerprint density at radius 2 is 1.80 bits per heavy atom. The van der Waals surface area contributed by atoms with E-state index >= 15 is 0 Å². The van der Waals surface area contributed by atoms with E-state index in [4.69, 9.17) is 9.78 Å². The van der Waals surface area contributed by atoms with Gasteiger partial charge in [-0.3, -0.25) is 0 Å². The Kier molecular flexibility index (Phi) is 4.35. The largest absolute Gasteiger partial charge is 0.230 e. The van der Waals surface area contributed by atoms with E-state index in [2.05, 4.69) is 6.58 Å². The van der Waals surface area contributed by atoms with Crippen molar-refractivity contribution < 1.29 is 9.78 Å². The molecule has 0 heterocycles. The summed E-state index contributed by atoms with van der Waals surface area (Å²) in [4.78, 5) is 11.2. The van der Waals surface area contributed by atoms with Gasteiger partial charge in [-0.15, -0.1) is 6.58 Å². The van der Waals surface area contributed by atoms with Gasteiger partial charge in [0.25, 0.3) is 0 Å². The molecular weight excluding hydrogens is 188 g/mol. The third kappa shape index (κ3) is 4.35.